The summed E-state index contributed by atoms with van der Waals surface area (Å²) in [6.45, 7) is 17.9. The van der Waals surface area contributed by atoms with Crippen LogP contribution >= 0.6 is 0 Å². The lowest BCUT2D eigenvalue weighted by Crippen LogP contribution is -2.30. The molecule has 1 aliphatic heterocycles. The number of esters is 3. The van der Waals surface area contributed by atoms with Gasteiger partial charge in [-0.1, -0.05) is 136 Å². The molecule has 7 heteroatoms. The van der Waals surface area contributed by atoms with Gasteiger partial charge in [-0.3, -0.25) is 14.4 Å². The second-order valence-electron chi connectivity index (χ2n) is 18.9. The third-order valence-corrected chi connectivity index (χ3v) is 12.3. The van der Waals surface area contributed by atoms with E-state index in [1.54, 1.807) is 0 Å². The molecule has 330 valence electrons. The molecule has 0 aromatic carbocycles. The molecule has 0 aromatic rings. The first-order valence-electron chi connectivity index (χ1n) is 24.2. The monoisotopic (exact) mass is 792 g/mol. The molecule has 0 amide bonds. The molecule has 0 aliphatic carbocycles. The van der Waals surface area contributed by atoms with Gasteiger partial charge in [-0.2, -0.15) is 0 Å². The Balaban J connectivity index is 2.51. The van der Waals surface area contributed by atoms with Gasteiger partial charge < -0.3 is 19.5 Å². The summed E-state index contributed by atoms with van der Waals surface area (Å²) in [4.78, 5) is 39.1. The van der Waals surface area contributed by atoms with Gasteiger partial charge in [-0.15, -0.1) is 0 Å². The normalized spacial score (nSPS) is 15.1. The van der Waals surface area contributed by atoms with E-state index >= 15 is 0 Å². The summed E-state index contributed by atoms with van der Waals surface area (Å²) in [5.74, 6) is 0.703. The average molecular weight is 792 g/mol. The van der Waals surface area contributed by atoms with E-state index in [0.717, 1.165) is 116 Å². The number of piperidine rings is 1. The number of carbonyl (C=O) groups excluding carboxylic acids is 3. The quantitative estimate of drug-likeness (QED) is 0.0380. The Kier molecular flexibility index (Phi) is 31.1. The summed E-state index contributed by atoms with van der Waals surface area (Å²) in [5.41, 5.74) is -0.976. The number of nitrogens with one attached hydrogen (secondary N) is 1. The van der Waals surface area contributed by atoms with Crippen molar-refractivity contribution in [1.82, 2.24) is 5.32 Å². The lowest BCUT2D eigenvalue weighted by molar-refractivity contribution is -0.156. The van der Waals surface area contributed by atoms with Gasteiger partial charge in [-0.25, -0.2) is 0 Å². The van der Waals surface area contributed by atoms with E-state index in [9.17, 15) is 14.4 Å². The van der Waals surface area contributed by atoms with Crippen LogP contribution in [0.1, 0.15) is 241 Å². The second kappa shape index (κ2) is 33.2. The van der Waals surface area contributed by atoms with Gasteiger partial charge in [0.2, 0.25) is 0 Å². The zero-order valence-corrected chi connectivity index (χ0v) is 38.2. The van der Waals surface area contributed by atoms with Crippen LogP contribution in [0.2, 0.25) is 0 Å². The predicted molar refractivity (Wildman–Crippen MR) is 235 cm³/mol. The van der Waals surface area contributed by atoms with Crippen molar-refractivity contribution in [3.63, 3.8) is 0 Å². The van der Waals surface area contributed by atoms with Crippen LogP contribution in [0.15, 0.2) is 0 Å². The second-order valence-corrected chi connectivity index (χ2v) is 18.9. The minimum absolute atomic E-state index is 0.0513. The Labute approximate surface area is 347 Å². The molecule has 0 spiro atoms. The molecule has 0 radical (unpaired) electrons. The highest BCUT2D eigenvalue weighted by Crippen LogP contribution is 2.29. The van der Waals surface area contributed by atoms with Gasteiger partial charge in [-0.05, 0) is 123 Å². The van der Waals surface area contributed by atoms with E-state index in [0.29, 0.717) is 31.5 Å². The summed E-state index contributed by atoms with van der Waals surface area (Å²) in [7, 11) is 0. The smallest absolute Gasteiger partial charge is 0.311 e. The average Bonchev–Trinajstić information content (AvgIpc) is 3.17. The van der Waals surface area contributed by atoms with E-state index in [2.05, 4.69) is 26.1 Å². The Morgan fingerprint density at radius 2 is 0.982 bits per heavy atom. The first-order valence-corrected chi connectivity index (χ1v) is 24.2. The summed E-state index contributed by atoms with van der Waals surface area (Å²) >= 11 is 0. The molecular formula is C49H93NO6. The standard InChI is InChI=1S/C49H93NO6/c1-8-11-14-16-17-19-28-39-54-46(52)48(4,5)35-26-20-24-31-44(56-45(51)40-42-33-37-50-38-34-42)32-25-21-27-36-49(6,7)47(53)55-41-43(29-22-13-10-3)30-23-18-15-12-9-2/h42-44,50H,8-41H2,1-7H3. The zero-order chi connectivity index (χ0) is 41.3. The molecule has 1 saturated heterocycles. The number of carbonyl (C=O) groups is 3. The summed E-state index contributed by atoms with van der Waals surface area (Å²) < 4.78 is 17.8. The van der Waals surface area contributed by atoms with Gasteiger partial charge in [0, 0.05) is 6.42 Å². The molecule has 7 nitrogen and oxygen atoms in total. The molecule has 2 atom stereocenters. The molecule has 1 heterocycles. The van der Waals surface area contributed by atoms with Crippen LogP contribution in [-0.2, 0) is 28.6 Å². The summed E-state index contributed by atoms with van der Waals surface area (Å²) in [6, 6.07) is 0. The van der Waals surface area contributed by atoms with Crippen molar-refractivity contribution in [2.24, 2.45) is 22.7 Å². The van der Waals surface area contributed by atoms with Crippen molar-refractivity contribution >= 4 is 17.9 Å². The maximum absolute atomic E-state index is 13.2. The van der Waals surface area contributed by atoms with Gasteiger partial charge in [0.05, 0.1) is 24.0 Å². The van der Waals surface area contributed by atoms with Crippen LogP contribution in [0.4, 0.5) is 0 Å². The molecular weight excluding hydrogens is 699 g/mol. The molecule has 56 heavy (non-hydrogen) atoms. The van der Waals surface area contributed by atoms with Crippen molar-refractivity contribution in [1.29, 1.82) is 0 Å². The Morgan fingerprint density at radius 1 is 0.554 bits per heavy atom. The van der Waals surface area contributed by atoms with Crippen molar-refractivity contribution in [3.8, 4) is 0 Å². The Morgan fingerprint density at radius 3 is 1.54 bits per heavy atom. The van der Waals surface area contributed by atoms with E-state index in [1.165, 1.54) is 83.5 Å². The SMILES string of the molecule is CCCCCCCCCOC(=O)C(C)(C)CCCCCC(CCCCCC(C)(C)C(=O)OCC(CCCCC)CCCCCCC)OC(=O)CC1CCNCC1. The van der Waals surface area contributed by atoms with Crippen LogP contribution in [0.3, 0.4) is 0 Å². The molecule has 2 unspecified atom stereocenters. The van der Waals surface area contributed by atoms with Crippen LogP contribution < -0.4 is 5.32 Å². The van der Waals surface area contributed by atoms with E-state index in [-0.39, 0.29) is 24.0 Å². The molecule has 0 bridgehead atoms. The van der Waals surface area contributed by atoms with E-state index < -0.39 is 10.8 Å². The summed E-state index contributed by atoms with van der Waals surface area (Å²) in [6.07, 6.45) is 32.6. The van der Waals surface area contributed by atoms with Gasteiger partial charge in [0.15, 0.2) is 0 Å². The van der Waals surface area contributed by atoms with Crippen LogP contribution in [0.25, 0.3) is 0 Å². The van der Waals surface area contributed by atoms with E-state index in [1.807, 2.05) is 27.7 Å². The fraction of sp³-hybridized carbons (Fsp3) is 0.939. The number of rotatable bonds is 37. The number of hydrogen-bond donors (Lipinski definition) is 1. The highest BCUT2D eigenvalue weighted by molar-refractivity contribution is 5.76. The van der Waals surface area contributed by atoms with Crippen molar-refractivity contribution in [2.45, 2.75) is 247 Å². The van der Waals surface area contributed by atoms with Crippen molar-refractivity contribution < 1.29 is 28.6 Å². The van der Waals surface area contributed by atoms with Crippen LogP contribution in [0.5, 0.6) is 0 Å². The van der Waals surface area contributed by atoms with Gasteiger partial charge in [0.25, 0.3) is 0 Å². The molecule has 0 aromatic heterocycles. The number of ether oxygens (including phenoxy) is 3. The molecule has 1 aliphatic rings. The highest BCUT2D eigenvalue weighted by Gasteiger charge is 2.30. The fourth-order valence-electron chi connectivity index (χ4n) is 8.09. The molecule has 1 N–H and O–H groups in total. The first-order chi connectivity index (χ1) is 26.9. The van der Waals surface area contributed by atoms with Crippen molar-refractivity contribution in [3.05, 3.63) is 0 Å². The Hall–Kier alpha value is -1.63. The highest BCUT2D eigenvalue weighted by atomic mass is 16.5. The topological polar surface area (TPSA) is 90.9 Å². The largest absolute Gasteiger partial charge is 0.465 e. The molecule has 0 saturated carbocycles. The molecule has 1 rings (SSSR count). The lowest BCUT2D eigenvalue weighted by atomic mass is 9.86. The van der Waals surface area contributed by atoms with Gasteiger partial charge in [0.1, 0.15) is 6.10 Å². The third-order valence-electron chi connectivity index (χ3n) is 12.3. The maximum atomic E-state index is 13.2. The first kappa shape index (κ1) is 52.4. The Bertz CT molecular complexity index is 974. The summed E-state index contributed by atoms with van der Waals surface area (Å²) in [5, 5.41) is 3.39. The molecule has 1 fully saturated rings. The lowest BCUT2D eigenvalue weighted by Gasteiger charge is -2.25. The fourth-order valence-corrected chi connectivity index (χ4v) is 8.09. The predicted octanol–water partition coefficient (Wildman–Crippen LogP) is 13.6. The minimum atomic E-state index is -0.496. The van der Waals surface area contributed by atoms with Gasteiger partial charge >= 0.3 is 17.9 Å². The number of hydrogen-bond acceptors (Lipinski definition) is 7. The van der Waals surface area contributed by atoms with E-state index in [4.69, 9.17) is 14.2 Å². The zero-order valence-electron chi connectivity index (χ0n) is 38.2. The van der Waals surface area contributed by atoms with Crippen LogP contribution in [-0.4, -0.2) is 50.3 Å². The maximum Gasteiger partial charge on any atom is 0.311 e. The van der Waals surface area contributed by atoms with Crippen molar-refractivity contribution in [2.75, 3.05) is 26.3 Å². The number of unbranched alkanes of at least 4 members (excludes halogenated alkanes) is 16. The van der Waals surface area contributed by atoms with Crippen LogP contribution in [0, 0.1) is 22.7 Å². The third kappa shape index (κ3) is 27.1. The minimum Gasteiger partial charge on any atom is -0.465 e.